The quantitative estimate of drug-likeness (QED) is 0.281. The molecule has 0 N–H and O–H groups in total. The summed E-state index contributed by atoms with van der Waals surface area (Å²) in [5.41, 5.74) is -1.95. The third-order valence-corrected chi connectivity index (χ3v) is 5.18. The van der Waals surface area contributed by atoms with Gasteiger partial charge < -0.3 is 9.11 Å². The Morgan fingerprint density at radius 3 is 1.25 bits per heavy atom. The van der Waals surface area contributed by atoms with E-state index in [9.17, 15) is 46.2 Å². The maximum absolute atomic E-state index is 11.4. The number of benzene rings is 2. The Morgan fingerprint density at radius 1 is 0.679 bits per heavy atom. The molecule has 0 aromatic heterocycles. The average Bonchev–Trinajstić information content (AvgIpc) is 2.57. The third-order valence-electron chi connectivity index (χ3n) is 3.40. The van der Waals surface area contributed by atoms with E-state index < -0.39 is 51.2 Å². The number of hydrogen-bond donors (Lipinski definition) is 0. The molecule has 0 radical (unpaired) electrons. The van der Waals surface area contributed by atoms with Gasteiger partial charge in [0.05, 0.1) is 19.6 Å². The van der Waals surface area contributed by atoms with E-state index >= 15 is 0 Å². The van der Waals surface area contributed by atoms with Crippen LogP contribution in [0.25, 0.3) is 12.2 Å². The van der Waals surface area contributed by atoms with Crippen LogP contribution in [-0.2, 0) is 20.2 Å². The summed E-state index contributed by atoms with van der Waals surface area (Å²) in [7, 11) is -10.3. The van der Waals surface area contributed by atoms with Crippen molar-refractivity contribution < 1.29 is 35.8 Å². The summed E-state index contributed by atoms with van der Waals surface area (Å²) in [5, 5.41) is 21.5. The Kier molecular flexibility index (Phi) is 5.60. The van der Waals surface area contributed by atoms with E-state index in [0.29, 0.717) is 12.1 Å². The standard InChI is InChI=1S/C14H10N2O10S2/c17-15(18)11-5-3-9(13(7-11)27(21,22)23)1-2-10-4-6-12(16(19)20)8-14(10)28(24,25)26/h1-8H,(H,21,22,23)(H,24,25,26)/p-2/b2-1+. The van der Waals surface area contributed by atoms with Gasteiger partial charge in [-0.2, -0.15) is 0 Å². The first kappa shape index (κ1) is 21.1. The molecule has 148 valence electrons. The smallest absolute Gasteiger partial charge is 0.270 e. The van der Waals surface area contributed by atoms with Crippen LogP contribution in [0.2, 0.25) is 0 Å². The highest BCUT2D eigenvalue weighted by atomic mass is 32.2. The number of hydrogen-bond acceptors (Lipinski definition) is 10. The summed E-state index contributed by atoms with van der Waals surface area (Å²) in [6.07, 6.45) is 1.87. The molecule has 0 aliphatic carbocycles. The highest BCUT2D eigenvalue weighted by molar-refractivity contribution is 7.86. The lowest BCUT2D eigenvalue weighted by Crippen LogP contribution is -2.03. The molecule has 28 heavy (non-hydrogen) atoms. The van der Waals surface area contributed by atoms with Crippen molar-refractivity contribution >= 4 is 43.8 Å². The fraction of sp³-hybridized carbons (Fsp3) is 0. The van der Waals surface area contributed by atoms with Crippen molar-refractivity contribution in [1.29, 1.82) is 0 Å². The predicted molar refractivity (Wildman–Crippen MR) is 91.0 cm³/mol. The molecule has 0 heterocycles. The minimum Gasteiger partial charge on any atom is -0.744 e. The normalized spacial score (nSPS) is 12.2. The molecule has 0 saturated heterocycles. The van der Waals surface area contributed by atoms with Crippen LogP contribution in [0.5, 0.6) is 0 Å². The van der Waals surface area contributed by atoms with Crippen LogP contribution in [-0.4, -0.2) is 35.8 Å². The van der Waals surface area contributed by atoms with Crippen molar-refractivity contribution in [3.8, 4) is 0 Å². The van der Waals surface area contributed by atoms with E-state index in [1.165, 1.54) is 0 Å². The summed E-state index contributed by atoms with van der Waals surface area (Å²) in [5.74, 6) is 0. The first-order chi connectivity index (χ1) is 12.8. The molecule has 0 unspecified atom stereocenters. The maximum Gasteiger partial charge on any atom is 0.270 e. The fourth-order valence-electron chi connectivity index (χ4n) is 2.16. The van der Waals surface area contributed by atoms with Gasteiger partial charge in [-0.15, -0.1) is 0 Å². The Balaban J connectivity index is 2.64. The van der Waals surface area contributed by atoms with Gasteiger partial charge in [0, 0.05) is 24.3 Å². The minimum absolute atomic E-state index is 0.312. The maximum atomic E-state index is 11.4. The molecule has 0 amide bonds. The molecule has 2 aromatic carbocycles. The van der Waals surface area contributed by atoms with Gasteiger partial charge in [-0.25, -0.2) is 16.8 Å². The SMILES string of the molecule is O=[N+]([O-])c1ccc(/C=C/c2ccc([N+](=O)[O-])cc2S(=O)(=O)[O-])c(S(=O)(=O)[O-])c1. The van der Waals surface area contributed by atoms with Crippen LogP contribution in [0, 0.1) is 20.2 Å². The molecule has 2 aromatic rings. The summed E-state index contributed by atoms with van der Waals surface area (Å²) < 4.78 is 68.1. The number of nitrogens with zero attached hydrogens (tertiary/aromatic N) is 2. The third kappa shape index (κ3) is 4.74. The van der Waals surface area contributed by atoms with Gasteiger partial charge in [0.2, 0.25) is 0 Å². The molecule has 0 aliphatic rings. The van der Waals surface area contributed by atoms with Crippen LogP contribution in [0.4, 0.5) is 11.4 Å². The first-order valence-corrected chi connectivity index (χ1v) is 9.79. The minimum atomic E-state index is -5.13. The van der Waals surface area contributed by atoms with E-state index in [4.69, 9.17) is 0 Å². The molecular weight excluding hydrogens is 420 g/mol. The van der Waals surface area contributed by atoms with Crippen molar-refractivity contribution in [3.63, 3.8) is 0 Å². The molecule has 0 fully saturated rings. The number of nitro groups is 2. The second-order valence-corrected chi connectivity index (χ2v) is 7.90. The number of nitro benzene ring substituents is 2. The zero-order valence-corrected chi connectivity index (χ0v) is 15.0. The highest BCUT2D eigenvalue weighted by Crippen LogP contribution is 2.27. The largest absolute Gasteiger partial charge is 0.744 e. The molecule has 14 heteroatoms. The van der Waals surface area contributed by atoms with E-state index in [2.05, 4.69) is 0 Å². The highest BCUT2D eigenvalue weighted by Gasteiger charge is 2.16. The average molecular weight is 428 g/mol. The van der Waals surface area contributed by atoms with Crippen LogP contribution >= 0.6 is 0 Å². The lowest BCUT2D eigenvalue weighted by molar-refractivity contribution is -0.385. The summed E-state index contributed by atoms with van der Waals surface area (Å²) in [4.78, 5) is 17.8. The van der Waals surface area contributed by atoms with Gasteiger partial charge in [-0.05, 0) is 23.3 Å². The monoisotopic (exact) mass is 428 g/mol. The molecule has 0 spiro atoms. The van der Waals surface area contributed by atoms with Gasteiger partial charge in [-0.1, -0.05) is 12.2 Å². The second-order valence-electron chi connectivity index (χ2n) is 5.20. The molecule has 0 saturated carbocycles. The Bertz CT molecular complexity index is 1120. The topological polar surface area (TPSA) is 201 Å². The van der Waals surface area contributed by atoms with Crippen LogP contribution in [0.1, 0.15) is 11.1 Å². The second kappa shape index (κ2) is 7.43. The Labute approximate surface area is 157 Å². The predicted octanol–water partition coefficient (Wildman–Crippen LogP) is 1.48. The Morgan fingerprint density at radius 2 is 1.00 bits per heavy atom. The van der Waals surface area contributed by atoms with Crippen molar-refractivity contribution in [2.75, 3.05) is 0 Å². The van der Waals surface area contributed by atoms with Crippen molar-refractivity contribution in [1.82, 2.24) is 0 Å². The molecule has 0 aliphatic heterocycles. The van der Waals surface area contributed by atoms with E-state index in [-0.39, 0.29) is 11.1 Å². The van der Waals surface area contributed by atoms with Crippen LogP contribution < -0.4 is 0 Å². The van der Waals surface area contributed by atoms with Crippen molar-refractivity contribution in [3.05, 3.63) is 67.8 Å². The number of rotatable bonds is 6. The molecule has 0 atom stereocenters. The van der Waals surface area contributed by atoms with Crippen LogP contribution in [0.15, 0.2) is 46.2 Å². The summed E-state index contributed by atoms with van der Waals surface area (Å²) in [6, 6.07) is 4.77. The van der Waals surface area contributed by atoms with Gasteiger partial charge in [0.1, 0.15) is 20.2 Å². The van der Waals surface area contributed by atoms with E-state index in [0.717, 1.165) is 36.4 Å². The lowest BCUT2D eigenvalue weighted by Gasteiger charge is -2.12. The number of non-ortho nitro benzene ring substituents is 2. The van der Waals surface area contributed by atoms with Crippen molar-refractivity contribution in [2.45, 2.75) is 9.79 Å². The van der Waals surface area contributed by atoms with Crippen LogP contribution in [0.3, 0.4) is 0 Å². The van der Waals surface area contributed by atoms with Gasteiger partial charge in [0.25, 0.3) is 11.4 Å². The molecule has 0 bridgehead atoms. The fourth-order valence-corrected chi connectivity index (χ4v) is 3.54. The van der Waals surface area contributed by atoms with Gasteiger partial charge >= 0.3 is 0 Å². The Hall–Kier alpha value is -3.20. The molecule has 12 nitrogen and oxygen atoms in total. The van der Waals surface area contributed by atoms with Crippen molar-refractivity contribution in [2.24, 2.45) is 0 Å². The lowest BCUT2D eigenvalue weighted by atomic mass is 10.1. The van der Waals surface area contributed by atoms with E-state index in [1.54, 1.807) is 0 Å². The van der Waals surface area contributed by atoms with Gasteiger partial charge in [-0.3, -0.25) is 20.2 Å². The van der Waals surface area contributed by atoms with Gasteiger partial charge in [0.15, 0.2) is 0 Å². The summed E-state index contributed by atoms with van der Waals surface area (Å²) >= 11 is 0. The zero-order valence-electron chi connectivity index (χ0n) is 13.4. The zero-order chi connectivity index (χ0) is 21.3. The van der Waals surface area contributed by atoms with E-state index in [1.807, 2.05) is 0 Å². The first-order valence-electron chi connectivity index (χ1n) is 6.97. The summed E-state index contributed by atoms with van der Waals surface area (Å²) in [6.45, 7) is 0. The molecule has 2 rings (SSSR count). The molecular formula is C14H8N2O10S2-2.